The highest BCUT2D eigenvalue weighted by atomic mass is 19.4. The van der Waals surface area contributed by atoms with Gasteiger partial charge in [-0.05, 0) is 38.1 Å². The Bertz CT molecular complexity index is 758. The van der Waals surface area contributed by atoms with E-state index in [1.807, 2.05) is 6.92 Å². The number of aryl methyl sites for hydroxylation is 1. The first-order valence-corrected chi connectivity index (χ1v) is 9.47. The minimum Gasteiger partial charge on any atom is -0.490 e. The average molecular weight is 398 g/mol. The zero-order chi connectivity index (χ0) is 20.1. The Labute approximate surface area is 161 Å². The molecule has 9 heteroatoms. The first kappa shape index (κ1) is 20.6. The van der Waals surface area contributed by atoms with Crippen LogP contribution in [0.1, 0.15) is 42.9 Å². The van der Waals surface area contributed by atoms with Crippen molar-refractivity contribution in [2.24, 2.45) is 0 Å². The number of ether oxygens (including phenoxy) is 1. The Morgan fingerprint density at radius 3 is 2.64 bits per heavy atom. The van der Waals surface area contributed by atoms with E-state index in [1.54, 1.807) is 0 Å². The highest BCUT2D eigenvalue weighted by Gasteiger charge is 2.34. The molecule has 6 nitrogen and oxygen atoms in total. The number of rotatable bonds is 7. The molecule has 1 fully saturated rings. The molecule has 154 valence electrons. The van der Waals surface area contributed by atoms with Gasteiger partial charge in [0.25, 0.3) is 0 Å². The van der Waals surface area contributed by atoms with Gasteiger partial charge in [0.2, 0.25) is 0 Å². The van der Waals surface area contributed by atoms with Crippen molar-refractivity contribution in [2.45, 2.75) is 44.4 Å². The van der Waals surface area contributed by atoms with Crippen LogP contribution in [0.2, 0.25) is 0 Å². The average Bonchev–Trinajstić information content (AvgIpc) is 3.16. The second kappa shape index (κ2) is 8.91. The van der Waals surface area contributed by atoms with Gasteiger partial charge in [0.05, 0.1) is 5.56 Å². The smallest absolute Gasteiger partial charge is 0.419 e. The number of aromatic nitrogens is 3. The molecule has 0 spiro atoms. The van der Waals surface area contributed by atoms with E-state index in [9.17, 15) is 18.3 Å². The van der Waals surface area contributed by atoms with E-state index >= 15 is 0 Å². The van der Waals surface area contributed by atoms with Crippen molar-refractivity contribution in [1.82, 2.24) is 20.1 Å². The van der Waals surface area contributed by atoms with Crippen molar-refractivity contribution in [3.05, 3.63) is 41.5 Å². The maximum absolute atomic E-state index is 13.0. The second-order valence-electron chi connectivity index (χ2n) is 7.03. The number of nitrogens with zero attached hydrogens (tertiary/aromatic N) is 3. The number of hydrogen-bond acceptors (Lipinski definition) is 5. The minimum atomic E-state index is -4.48. The molecule has 0 saturated carbocycles. The number of aliphatic hydroxyl groups excluding tert-OH is 1. The van der Waals surface area contributed by atoms with Gasteiger partial charge < -0.3 is 14.7 Å². The highest BCUT2D eigenvalue weighted by Crippen LogP contribution is 2.36. The summed E-state index contributed by atoms with van der Waals surface area (Å²) >= 11 is 0. The molecule has 0 amide bonds. The Kier molecular flexibility index (Phi) is 6.56. The predicted molar refractivity (Wildman–Crippen MR) is 97.1 cm³/mol. The van der Waals surface area contributed by atoms with Gasteiger partial charge in [-0.2, -0.15) is 18.3 Å². The molecule has 1 aromatic carbocycles. The molecule has 0 bridgehead atoms. The number of halogens is 3. The zero-order valence-corrected chi connectivity index (χ0v) is 15.7. The molecule has 0 aliphatic carbocycles. The fourth-order valence-electron chi connectivity index (χ4n) is 3.39. The van der Waals surface area contributed by atoms with Crippen LogP contribution in [0.25, 0.3) is 0 Å². The molecule has 1 aromatic heterocycles. The van der Waals surface area contributed by atoms with Crippen molar-refractivity contribution in [1.29, 1.82) is 0 Å². The Hall–Kier alpha value is -2.13. The van der Waals surface area contributed by atoms with Crippen LogP contribution in [0.15, 0.2) is 24.3 Å². The van der Waals surface area contributed by atoms with E-state index < -0.39 is 17.8 Å². The monoisotopic (exact) mass is 398 g/mol. The summed E-state index contributed by atoms with van der Waals surface area (Å²) in [6.45, 7) is 3.74. The lowest BCUT2D eigenvalue weighted by atomic mass is 9.96. The summed E-state index contributed by atoms with van der Waals surface area (Å²) in [5, 5.41) is 17.4. The standard InChI is InChI=1S/C19H25F3N4O2/c1-2-17-23-18(25-24-17)13-7-9-26(10-8-13)11-14(27)12-28-16-6-4-3-5-15(16)19(20,21)22/h3-6,13-14,27H,2,7-12H2,1H3,(H,23,24,25). The maximum atomic E-state index is 13.0. The van der Waals surface area contributed by atoms with Gasteiger partial charge in [0, 0.05) is 18.9 Å². The summed E-state index contributed by atoms with van der Waals surface area (Å²) in [4.78, 5) is 6.57. The molecule has 1 saturated heterocycles. The summed E-state index contributed by atoms with van der Waals surface area (Å²) < 4.78 is 44.2. The van der Waals surface area contributed by atoms with Gasteiger partial charge in [-0.3, -0.25) is 5.10 Å². The maximum Gasteiger partial charge on any atom is 0.419 e. The third-order valence-electron chi connectivity index (χ3n) is 4.93. The van der Waals surface area contributed by atoms with Gasteiger partial charge in [0.1, 0.15) is 24.3 Å². The van der Waals surface area contributed by atoms with Gasteiger partial charge in [-0.25, -0.2) is 4.98 Å². The van der Waals surface area contributed by atoms with Crippen LogP contribution >= 0.6 is 0 Å². The number of β-amino-alcohol motifs (C(OH)–C–C–N with tert-alkyl or cyclic N) is 1. The summed E-state index contributed by atoms with van der Waals surface area (Å²) in [6, 6.07) is 5.03. The van der Waals surface area contributed by atoms with Crippen molar-refractivity contribution in [3.8, 4) is 5.75 Å². The molecule has 1 aliphatic rings. The van der Waals surface area contributed by atoms with E-state index in [0.29, 0.717) is 12.5 Å². The quantitative estimate of drug-likeness (QED) is 0.750. The van der Waals surface area contributed by atoms with Gasteiger partial charge >= 0.3 is 6.18 Å². The summed E-state index contributed by atoms with van der Waals surface area (Å²) in [5.41, 5.74) is -0.832. The van der Waals surface area contributed by atoms with Crippen molar-refractivity contribution >= 4 is 0 Å². The van der Waals surface area contributed by atoms with E-state index in [-0.39, 0.29) is 12.4 Å². The predicted octanol–water partition coefficient (Wildman–Crippen LogP) is 3.01. The first-order chi connectivity index (χ1) is 13.4. The van der Waals surface area contributed by atoms with Crippen LogP contribution < -0.4 is 4.74 Å². The number of hydrogen-bond donors (Lipinski definition) is 2. The van der Waals surface area contributed by atoms with Crippen LogP contribution in [0.5, 0.6) is 5.75 Å². The fraction of sp³-hybridized carbons (Fsp3) is 0.579. The number of benzene rings is 1. The lowest BCUT2D eigenvalue weighted by molar-refractivity contribution is -0.139. The van der Waals surface area contributed by atoms with Crippen LogP contribution in [0.4, 0.5) is 13.2 Å². The number of aromatic amines is 1. The van der Waals surface area contributed by atoms with Crippen molar-refractivity contribution in [3.63, 3.8) is 0 Å². The second-order valence-corrected chi connectivity index (χ2v) is 7.03. The number of para-hydroxylation sites is 1. The molecule has 2 aromatic rings. The van der Waals surface area contributed by atoms with Crippen LogP contribution in [-0.4, -0.2) is 57.5 Å². The largest absolute Gasteiger partial charge is 0.490 e. The molecular weight excluding hydrogens is 373 g/mol. The van der Waals surface area contributed by atoms with Crippen LogP contribution in [0.3, 0.4) is 0 Å². The Balaban J connectivity index is 1.46. The number of likely N-dealkylation sites (tertiary alicyclic amines) is 1. The molecule has 2 N–H and O–H groups in total. The van der Waals surface area contributed by atoms with Gasteiger partial charge in [0.15, 0.2) is 5.82 Å². The topological polar surface area (TPSA) is 74.3 Å². The molecule has 1 atom stereocenters. The zero-order valence-electron chi connectivity index (χ0n) is 15.7. The minimum absolute atomic E-state index is 0.187. The third-order valence-corrected chi connectivity index (χ3v) is 4.93. The normalized spacial score (nSPS) is 17.6. The lowest BCUT2D eigenvalue weighted by Gasteiger charge is -2.32. The van der Waals surface area contributed by atoms with E-state index in [1.165, 1.54) is 18.2 Å². The van der Waals surface area contributed by atoms with Crippen LogP contribution in [0, 0.1) is 0 Å². The summed E-state index contributed by atoms with van der Waals surface area (Å²) in [5.74, 6) is 1.75. The van der Waals surface area contributed by atoms with Crippen molar-refractivity contribution < 1.29 is 23.0 Å². The molecule has 0 radical (unpaired) electrons. The number of piperidine rings is 1. The third kappa shape index (κ3) is 5.23. The van der Waals surface area contributed by atoms with E-state index in [4.69, 9.17) is 4.74 Å². The first-order valence-electron chi connectivity index (χ1n) is 9.47. The lowest BCUT2D eigenvalue weighted by Crippen LogP contribution is -2.40. The molecular formula is C19H25F3N4O2. The van der Waals surface area contributed by atoms with Gasteiger partial charge in [-0.1, -0.05) is 19.1 Å². The molecule has 28 heavy (non-hydrogen) atoms. The van der Waals surface area contributed by atoms with Crippen LogP contribution in [-0.2, 0) is 12.6 Å². The van der Waals surface area contributed by atoms with Crippen molar-refractivity contribution in [2.75, 3.05) is 26.2 Å². The number of aliphatic hydroxyl groups is 1. The highest BCUT2D eigenvalue weighted by molar-refractivity contribution is 5.35. The summed E-state index contributed by atoms with van der Waals surface area (Å²) in [6.07, 6.45) is -2.78. The van der Waals surface area contributed by atoms with E-state index in [2.05, 4.69) is 20.1 Å². The van der Waals surface area contributed by atoms with E-state index in [0.717, 1.165) is 50.1 Å². The number of nitrogens with one attached hydrogen (secondary N) is 1. The Morgan fingerprint density at radius 1 is 1.29 bits per heavy atom. The summed E-state index contributed by atoms with van der Waals surface area (Å²) in [7, 11) is 0. The van der Waals surface area contributed by atoms with Gasteiger partial charge in [-0.15, -0.1) is 0 Å². The number of alkyl halides is 3. The molecule has 1 aliphatic heterocycles. The number of H-pyrrole nitrogens is 1. The molecule has 3 rings (SSSR count). The fourth-order valence-corrected chi connectivity index (χ4v) is 3.39. The molecule has 1 unspecified atom stereocenters. The molecule has 2 heterocycles. The Morgan fingerprint density at radius 2 is 2.00 bits per heavy atom. The SMILES string of the molecule is CCc1nc(C2CCN(CC(O)COc3ccccc3C(F)(F)F)CC2)n[nH]1.